The third-order valence-corrected chi connectivity index (χ3v) is 12.8. The molecule has 57 heavy (non-hydrogen) atoms. The minimum Gasteiger partial charge on any atom is -0.484 e. The van der Waals surface area contributed by atoms with Gasteiger partial charge in [0.1, 0.15) is 40.6 Å². The third kappa shape index (κ3) is 7.83. The van der Waals surface area contributed by atoms with Crippen molar-refractivity contribution < 1.29 is 54.7 Å². The maximum absolute atomic E-state index is 14.8. The van der Waals surface area contributed by atoms with Crippen molar-refractivity contribution in [1.82, 2.24) is 25.2 Å². The van der Waals surface area contributed by atoms with Gasteiger partial charge in [-0.2, -0.15) is 0 Å². The van der Waals surface area contributed by atoms with Crippen molar-refractivity contribution in [2.24, 2.45) is 5.92 Å². The van der Waals surface area contributed by atoms with Crippen LogP contribution in [0.1, 0.15) is 57.8 Å². The molecule has 3 N–H and O–H groups in total. The Morgan fingerprint density at radius 1 is 1.07 bits per heavy atom. The molecule has 3 fully saturated rings. The van der Waals surface area contributed by atoms with E-state index in [9.17, 15) is 40.8 Å². The molecule has 4 aliphatic rings. The summed E-state index contributed by atoms with van der Waals surface area (Å²) in [7, 11) is -3.98. The van der Waals surface area contributed by atoms with E-state index in [4.69, 9.17) is 14.1 Å². The molecule has 0 radical (unpaired) electrons. The number of amides is 4. The van der Waals surface area contributed by atoms with Crippen molar-refractivity contribution in [3.63, 3.8) is 0 Å². The summed E-state index contributed by atoms with van der Waals surface area (Å²) in [4.78, 5) is 61.2. The predicted molar refractivity (Wildman–Crippen MR) is 199 cm³/mol. The molecular formula is C39H40F3N5O9S. The molecule has 0 spiro atoms. The Balaban J connectivity index is 1.15. The molecule has 2 aromatic heterocycles. The summed E-state index contributed by atoms with van der Waals surface area (Å²) in [5, 5.41) is 5.41. The van der Waals surface area contributed by atoms with Crippen LogP contribution in [0.4, 0.5) is 18.0 Å². The molecule has 0 bridgehead atoms. The van der Waals surface area contributed by atoms with E-state index >= 15 is 0 Å². The van der Waals surface area contributed by atoms with Gasteiger partial charge in [0.25, 0.3) is 12.3 Å². The highest BCUT2D eigenvalue weighted by Crippen LogP contribution is 2.46. The number of carbonyl (C=O) groups excluding carboxylic acids is 4. The van der Waals surface area contributed by atoms with Gasteiger partial charge in [0.15, 0.2) is 17.9 Å². The number of pyridine rings is 1. The van der Waals surface area contributed by atoms with Crippen LogP contribution in [0.3, 0.4) is 0 Å². The molecule has 4 amide bonds. The van der Waals surface area contributed by atoms with Crippen molar-refractivity contribution in [1.29, 1.82) is 0 Å². The van der Waals surface area contributed by atoms with Crippen LogP contribution >= 0.6 is 0 Å². The smallest absolute Gasteiger partial charge is 0.407 e. The number of alkyl halides is 2. The van der Waals surface area contributed by atoms with E-state index in [1.54, 1.807) is 18.2 Å². The number of hydrogen-bond donors (Lipinski definition) is 3. The normalized spacial score (nSPS) is 26.3. The van der Waals surface area contributed by atoms with Gasteiger partial charge in [0.2, 0.25) is 21.8 Å². The summed E-state index contributed by atoms with van der Waals surface area (Å²) >= 11 is 0. The first-order chi connectivity index (χ1) is 27.3. The highest BCUT2D eigenvalue weighted by molar-refractivity contribution is 7.91. The number of fused-ring (bicyclic) bond motifs is 6. The van der Waals surface area contributed by atoms with Crippen LogP contribution in [0.25, 0.3) is 33.0 Å². The average molecular weight is 812 g/mol. The van der Waals surface area contributed by atoms with Crippen molar-refractivity contribution in [3.05, 3.63) is 60.4 Å². The minimum absolute atomic E-state index is 0.0879. The molecule has 0 unspecified atom stereocenters. The molecule has 2 aliphatic heterocycles. The van der Waals surface area contributed by atoms with Gasteiger partial charge in [-0.15, -0.1) is 0 Å². The lowest BCUT2D eigenvalue weighted by Crippen LogP contribution is -2.58. The van der Waals surface area contributed by atoms with Gasteiger partial charge in [-0.05, 0) is 68.9 Å². The second-order valence-electron chi connectivity index (χ2n) is 15.1. The van der Waals surface area contributed by atoms with Crippen LogP contribution in [-0.4, -0.2) is 90.7 Å². The maximum atomic E-state index is 14.8. The second-order valence-corrected chi connectivity index (χ2v) is 17.0. The second kappa shape index (κ2) is 15.2. The first-order valence-electron chi connectivity index (χ1n) is 19.0. The third-order valence-electron chi connectivity index (χ3n) is 11.0. The predicted octanol–water partition coefficient (Wildman–Crippen LogP) is 4.99. The summed E-state index contributed by atoms with van der Waals surface area (Å²) in [5.74, 6) is -3.39. The van der Waals surface area contributed by atoms with E-state index in [-0.39, 0.29) is 42.5 Å². The molecular weight excluding hydrogens is 772 g/mol. The zero-order valence-electron chi connectivity index (χ0n) is 30.5. The first-order valence-corrected chi connectivity index (χ1v) is 20.5. The zero-order chi connectivity index (χ0) is 40.1. The summed E-state index contributed by atoms with van der Waals surface area (Å²) in [6.07, 6.45) is 1.69. The molecule has 2 aromatic carbocycles. The van der Waals surface area contributed by atoms with Gasteiger partial charge >= 0.3 is 6.09 Å². The van der Waals surface area contributed by atoms with E-state index in [0.717, 1.165) is 0 Å². The van der Waals surface area contributed by atoms with Gasteiger partial charge in [0.05, 0.1) is 17.3 Å². The summed E-state index contributed by atoms with van der Waals surface area (Å²) in [6, 6.07) is 8.50. The van der Waals surface area contributed by atoms with Crippen LogP contribution < -0.4 is 20.1 Å². The van der Waals surface area contributed by atoms with E-state index in [1.807, 2.05) is 18.2 Å². The number of ether oxygens (including phenoxy) is 2. The van der Waals surface area contributed by atoms with E-state index in [1.165, 1.54) is 23.1 Å². The largest absolute Gasteiger partial charge is 0.484 e. The fourth-order valence-corrected chi connectivity index (χ4v) is 9.14. The number of rotatable bonds is 8. The molecule has 2 aliphatic carbocycles. The Bertz CT molecular complexity index is 2400. The number of sulfonamides is 1. The van der Waals surface area contributed by atoms with Gasteiger partial charge < -0.3 is 29.4 Å². The number of alkyl carbamates (subject to hydrolysis) is 1. The number of hydrogen-bond acceptors (Lipinski definition) is 10. The fraction of sp³-hybridized carbons (Fsp3) is 0.462. The zero-order valence-corrected chi connectivity index (χ0v) is 31.4. The van der Waals surface area contributed by atoms with Crippen LogP contribution in [0.2, 0.25) is 0 Å². The Morgan fingerprint density at radius 3 is 2.67 bits per heavy atom. The Morgan fingerprint density at radius 2 is 1.88 bits per heavy atom. The quantitative estimate of drug-likeness (QED) is 0.205. The van der Waals surface area contributed by atoms with Crippen molar-refractivity contribution in [2.75, 3.05) is 13.2 Å². The van der Waals surface area contributed by atoms with Crippen molar-refractivity contribution in [2.45, 2.75) is 93.2 Å². The molecule has 2 saturated carbocycles. The number of aromatic nitrogens is 1. The molecule has 18 heteroatoms. The Hall–Kier alpha value is -5.39. The van der Waals surface area contributed by atoms with E-state index in [2.05, 4.69) is 20.1 Å². The summed E-state index contributed by atoms with van der Waals surface area (Å²) < 4.78 is 85.8. The highest BCUT2D eigenvalue weighted by atomic mass is 32.2. The molecule has 5 atom stereocenters. The van der Waals surface area contributed by atoms with Crippen LogP contribution in [0.5, 0.6) is 5.75 Å². The van der Waals surface area contributed by atoms with Crippen LogP contribution in [0, 0.1) is 11.7 Å². The van der Waals surface area contributed by atoms with Gasteiger partial charge in [-0.3, -0.25) is 19.1 Å². The Kier molecular flexibility index (Phi) is 10.2. The van der Waals surface area contributed by atoms with Crippen molar-refractivity contribution >= 4 is 66.8 Å². The molecule has 4 heterocycles. The summed E-state index contributed by atoms with van der Waals surface area (Å²) in [6.45, 7) is -1.43. The number of halogens is 3. The van der Waals surface area contributed by atoms with Gasteiger partial charge in [-0.25, -0.2) is 31.4 Å². The minimum atomic E-state index is -3.98. The maximum Gasteiger partial charge on any atom is 0.407 e. The molecule has 1 saturated heterocycles. The molecule has 302 valence electrons. The number of carbonyl (C=O) groups is 4. The molecule has 4 aromatic rings. The lowest BCUT2D eigenvalue weighted by Gasteiger charge is -2.29. The highest BCUT2D eigenvalue weighted by Gasteiger charge is 2.62. The number of allylic oxidation sites excluding steroid dienone is 1. The lowest BCUT2D eigenvalue weighted by atomic mass is 10.1. The first kappa shape index (κ1) is 38.5. The fourth-order valence-electron chi connectivity index (χ4n) is 7.78. The number of para-hydroxylation sites is 1. The molecule has 14 nitrogen and oxygen atoms in total. The Labute approximate surface area is 324 Å². The monoisotopic (exact) mass is 811 g/mol. The van der Waals surface area contributed by atoms with Gasteiger partial charge in [-0.1, -0.05) is 37.1 Å². The van der Waals surface area contributed by atoms with E-state index in [0.29, 0.717) is 60.5 Å². The van der Waals surface area contributed by atoms with Crippen LogP contribution in [0.15, 0.2) is 59.0 Å². The summed E-state index contributed by atoms with van der Waals surface area (Å²) in [5.41, 5.74) is -0.104. The molecule has 8 rings (SSSR count). The van der Waals surface area contributed by atoms with E-state index < -0.39 is 87.6 Å². The lowest BCUT2D eigenvalue weighted by molar-refractivity contribution is -0.141. The number of nitrogens with one attached hydrogen (secondary N) is 3. The number of furan rings is 1. The SMILES string of the molecule is O=C(N[C@H]1CCCCC/C=C\[C@H]2C[C@@]2(C(=O)NS(=O)(=O)C2CC2)NC(=O)[C@@H]2C[C@@H](Oc3c4cc(F)ccc4nc4c3oc3ccccc34)CN2C1=O)OCC(F)F. The topological polar surface area (TPSA) is 186 Å². The number of nitrogens with zero attached hydrogens (tertiary/aromatic N) is 2. The van der Waals surface area contributed by atoms with Gasteiger partial charge in [0, 0.05) is 23.1 Å². The number of benzene rings is 2. The van der Waals surface area contributed by atoms with Crippen molar-refractivity contribution in [3.8, 4) is 5.75 Å². The van der Waals surface area contributed by atoms with Crippen LogP contribution in [-0.2, 0) is 29.1 Å². The average Bonchev–Trinajstić information content (AvgIpc) is 4.08. The standard InChI is InChI=1S/C39H40F3N5O9S/c40-22-12-15-27-26(16-22)33(34-32(43-27)25-9-6-7-11-30(25)56-34)55-23-17-29-35(48)45-39(37(50)46-57(52,53)24-13-14-24)18-21(39)8-4-2-1-3-5-10-28(36(49)47(29)19-23)44-38(51)54-20-31(41)42/h4,6-9,11-12,15-16,21,23-24,28-29,31H,1-3,5,10,13-14,17-20H2,(H,44,51)(H,45,48)(H,46,50)/b8-4-/t21-,23+,28-,29-,39+/m0/s1.